The fourth-order valence-corrected chi connectivity index (χ4v) is 2.86. The van der Waals surface area contributed by atoms with Gasteiger partial charge in [0.2, 0.25) is 0 Å². The Bertz CT molecular complexity index is 691. The van der Waals surface area contributed by atoms with E-state index in [-0.39, 0.29) is 18.4 Å². The van der Waals surface area contributed by atoms with Crippen molar-refractivity contribution in [2.24, 2.45) is 5.92 Å². The lowest BCUT2D eigenvalue weighted by Gasteiger charge is -2.21. The van der Waals surface area contributed by atoms with Gasteiger partial charge in [-0.3, -0.25) is 4.79 Å². The average molecular weight is 303 g/mol. The molecule has 1 aromatic carbocycles. The molecule has 3 rings (SSSR count). The third-order valence-corrected chi connectivity index (χ3v) is 4.17. The molecule has 1 aliphatic rings. The molecule has 118 valence electrons. The van der Waals surface area contributed by atoms with Gasteiger partial charge >= 0.3 is 0 Å². The molecule has 1 amide bonds. The number of amides is 1. The Hall–Kier alpha value is -1.85. The number of hydrogen-bond donors (Lipinski definition) is 1. The second-order valence-corrected chi connectivity index (χ2v) is 5.93. The van der Waals surface area contributed by atoms with Gasteiger partial charge in [0.05, 0.1) is 13.2 Å². The van der Waals surface area contributed by atoms with E-state index in [4.69, 9.17) is 9.15 Å². The maximum Gasteiger partial charge on any atom is 0.289 e. The molecule has 0 radical (unpaired) electrons. The van der Waals surface area contributed by atoms with Crippen LogP contribution in [0.5, 0.6) is 0 Å². The molecule has 0 saturated carbocycles. The van der Waals surface area contributed by atoms with E-state index in [9.17, 15) is 9.90 Å². The number of aliphatic hydroxyl groups excluding tert-OH is 1. The summed E-state index contributed by atoms with van der Waals surface area (Å²) in [4.78, 5) is 14.5. The van der Waals surface area contributed by atoms with Gasteiger partial charge in [0, 0.05) is 36.6 Å². The van der Waals surface area contributed by atoms with Gasteiger partial charge in [0.25, 0.3) is 5.91 Å². The maximum absolute atomic E-state index is 12.8. The molecule has 1 fully saturated rings. The Kier molecular flexibility index (Phi) is 4.18. The Morgan fingerprint density at radius 1 is 1.41 bits per heavy atom. The first kappa shape index (κ1) is 15.1. The van der Waals surface area contributed by atoms with E-state index >= 15 is 0 Å². The Morgan fingerprint density at radius 2 is 2.23 bits per heavy atom. The van der Waals surface area contributed by atoms with Crippen LogP contribution in [0.25, 0.3) is 11.0 Å². The van der Waals surface area contributed by atoms with Crippen LogP contribution in [-0.4, -0.2) is 48.8 Å². The summed E-state index contributed by atoms with van der Waals surface area (Å²) in [5, 5.41) is 10.3. The molecular weight excluding hydrogens is 282 g/mol. The first-order chi connectivity index (χ1) is 10.6. The average Bonchev–Trinajstić information content (AvgIpc) is 2.71. The number of fused-ring (bicyclic) bond motifs is 1. The smallest absolute Gasteiger partial charge is 0.289 e. The van der Waals surface area contributed by atoms with Crippen LogP contribution in [0, 0.1) is 19.8 Å². The molecule has 22 heavy (non-hydrogen) atoms. The third kappa shape index (κ3) is 2.74. The second-order valence-electron chi connectivity index (χ2n) is 5.93. The van der Waals surface area contributed by atoms with Gasteiger partial charge in [0.1, 0.15) is 5.58 Å². The molecule has 1 N–H and O–H groups in total. The fraction of sp³-hybridized carbons (Fsp3) is 0.471. The van der Waals surface area contributed by atoms with Crippen LogP contribution in [0.4, 0.5) is 0 Å². The summed E-state index contributed by atoms with van der Waals surface area (Å²) in [5.41, 5.74) is 2.71. The normalized spacial score (nSPS) is 19.4. The van der Waals surface area contributed by atoms with E-state index in [2.05, 4.69) is 0 Å². The van der Waals surface area contributed by atoms with Crippen molar-refractivity contribution < 1.29 is 19.1 Å². The van der Waals surface area contributed by atoms with Crippen molar-refractivity contribution in [3.8, 4) is 0 Å². The van der Waals surface area contributed by atoms with Crippen LogP contribution in [0.3, 0.4) is 0 Å². The molecular formula is C17H21NO4. The van der Waals surface area contributed by atoms with Gasteiger partial charge in [-0.25, -0.2) is 0 Å². The first-order valence-electron chi connectivity index (χ1n) is 7.57. The van der Waals surface area contributed by atoms with Crippen LogP contribution < -0.4 is 0 Å². The minimum absolute atomic E-state index is 0.0160. The van der Waals surface area contributed by atoms with E-state index in [0.717, 1.165) is 22.1 Å². The summed E-state index contributed by atoms with van der Waals surface area (Å²) in [6.07, 6.45) is 0. The van der Waals surface area contributed by atoms with Crippen molar-refractivity contribution in [1.29, 1.82) is 0 Å². The standard InChI is InChI=1S/C17H21NO4/c1-11-3-4-14-12(2)16(22-15(14)7-11)17(20)18-5-6-21-10-13(8-18)9-19/h3-4,7,13,19H,5-6,8-10H2,1-2H3/t13-/m0/s1. The monoisotopic (exact) mass is 303 g/mol. The molecule has 1 saturated heterocycles. The van der Waals surface area contributed by atoms with Crippen LogP contribution >= 0.6 is 0 Å². The number of aryl methyl sites for hydroxylation is 2. The van der Waals surface area contributed by atoms with Crippen LogP contribution in [0.2, 0.25) is 0 Å². The molecule has 1 aliphatic heterocycles. The second kappa shape index (κ2) is 6.10. The number of furan rings is 1. The van der Waals surface area contributed by atoms with E-state index in [1.54, 1.807) is 4.90 Å². The predicted molar refractivity (Wildman–Crippen MR) is 83.0 cm³/mol. The molecule has 5 nitrogen and oxygen atoms in total. The zero-order chi connectivity index (χ0) is 15.7. The molecule has 1 atom stereocenters. The Morgan fingerprint density at radius 3 is 3.00 bits per heavy atom. The van der Waals surface area contributed by atoms with Gasteiger partial charge < -0.3 is 19.2 Å². The summed E-state index contributed by atoms with van der Waals surface area (Å²) < 4.78 is 11.2. The maximum atomic E-state index is 12.8. The summed E-state index contributed by atoms with van der Waals surface area (Å²) in [6.45, 7) is 5.90. The molecule has 0 spiro atoms. The quantitative estimate of drug-likeness (QED) is 0.923. The highest BCUT2D eigenvalue weighted by Crippen LogP contribution is 2.27. The molecule has 0 unspecified atom stereocenters. The van der Waals surface area contributed by atoms with Crippen molar-refractivity contribution in [3.05, 3.63) is 35.1 Å². The number of aliphatic hydroxyl groups is 1. The number of rotatable bonds is 2. The zero-order valence-corrected chi connectivity index (χ0v) is 13.0. The zero-order valence-electron chi connectivity index (χ0n) is 13.0. The van der Waals surface area contributed by atoms with E-state index in [1.807, 2.05) is 32.0 Å². The molecule has 2 heterocycles. The van der Waals surface area contributed by atoms with E-state index in [1.165, 1.54) is 0 Å². The van der Waals surface area contributed by atoms with Gasteiger partial charge in [0.15, 0.2) is 5.76 Å². The first-order valence-corrected chi connectivity index (χ1v) is 7.57. The minimum Gasteiger partial charge on any atom is -0.451 e. The summed E-state index contributed by atoms with van der Waals surface area (Å²) in [6, 6.07) is 5.95. The summed E-state index contributed by atoms with van der Waals surface area (Å²) in [7, 11) is 0. The number of benzene rings is 1. The third-order valence-electron chi connectivity index (χ3n) is 4.17. The SMILES string of the molecule is Cc1ccc2c(C)c(C(=O)N3CCOC[C@H](CO)C3)oc2c1. The lowest BCUT2D eigenvalue weighted by atomic mass is 10.1. The van der Waals surface area contributed by atoms with E-state index in [0.29, 0.717) is 32.1 Å². The number of hydrogen-bond acceptors (Lipinski definition) is 4. The fourth-order valence-electron chi connectivity index (χ4n) is 2.86. The van der Waals surface area contributed by atoms with Crippen molar-refractivity contribution in [2.75, 3.05) is 32.9 Å². The number of carbonyl (C=O) groups is 1. The number of carbonyl (C=O) groups excluding carboxylic acids is 1. The summed E-state index contributed by atoms with van der Waals surface area (Å²) in [5.74, 6) is 0.216. The van der Waals surface area contributed by atoms with Crippen LogP contribution in [0.1, 0.15) is 21.7 Å². The van der Waals surface area contributed by atoms with Gasteiger partial charge in [-0.05, 0) is 25.5 Å². The van der Waals surface area contributed by atoms with Gasteiger partial charge in [-0.1, -0.05) is 12.1 Å². The molecule has 5 heteroatoms. The topological polar surface area (TPSA) is 62.9 Å². The number of nitrogens with zero attached hydrogens (tertiary/aromatic N) is 1. The van der Waals surface area contributed by atoms with Crippen LogP contribution in [-0.2, 0) is 4.74 Å². The highest BCUT2D eigenvalue weighted by molar-refractivity contribution is 5.99. The lowest BCUT2D eigenvalue weighted by Crippen LogP contribution is -2.36. The molecule has 2 aromatic rings. The molecule has 0 aliphatic carbocycles. The van der Waals surface area contributed by atoms with Crippen molar-refractivity contribution in [1.82, 2.24) is 4.90 Å². The van der Waals surface area contributed by atoms with Crippen molar-refractivity contribution in [2.45, 2.75) is 13.8 Å². The van der Waals surface area contributed by atoms with Gasteiger partial charge in [-0.15, -0.1) is 0 Å². The Balaban J connectivity index is 1.92. The lowest BCUT2D eigenvalue weighted by molar-refractivity contribution is 0.0698. The summed E-state index contributed by atoms with van der Waals surface area (Å²) >= 11 is 0. The minimum atomic E-state index is -0.129. The van der Waals surface area contributed by atoms with Crippen LogP contribution in [0.15, 0.2) is 22.6 Å². The molecule has 0 bridgehead atoms. The highest BCUT2D eigenvalue weighted by Gasteiger charge is 2.27. The molecule has 1 aromatic heterocycles. The Labute approximate surface area is 129 Å². The van der Waals surface area contributed by atoms with Gasteiger partial charge in [-0.2, -0.15) is 0 Å². The van der Waals surface area contributed by atoms with Crippen molar-refractivity contribution in [3.63, 3.8) is 0 Å². The largest absolute Gasteiger partial charge is 0.451 e. The highest BCUT2D eigenvalue weighted by atomic mass is 16.5. The predicted octanol–water partition coefficient (Wildman–Crippen LogP) is 2.13. The van der Waals surface area contributed by atoms with Crippen molar-refractivity contribution >= 4 is 16.9 Å². The number of ether oxygens (including phenoxy) is 1. The van der Waals surface area contributed by atoms with E-state index < -0.39 is 0 Å².